The van der Waals surface area contributed by atoms with E-state index in [0.29, 0.717) is 11.6 Å². The third kappa shape index (κ3) is 3.60. The minimum atomic E-state index is -0.489. The van der Waals surface area contributed by atoms with Gasteiger partial charge in [0.25, 0.3) is 0 Å². The second-order valence-corrected chi connectivity index (χ2v) is 5.99. The Morgan fingerprint density at radius 3 is 2.50 bits per heavy atom. The molecule has 122 valence electrons. The molecule has 0 atom stereocenters. The minimum absolute atomic E-state index is 0.489. The molecule has 1 aromatic heterocycles. The first-order valence-electron chi connectivity index (χ1n) is 7.38. The van der Waals surface area contributed by atoms with E-state index in [4.69, 9.17) is 4.74 Å². The number of aromatic amines is 1. The molecule has 6 heteroatoms. The number of aromatic nitrogens is 2. The van der Waals surface area contributed by atoms with Crippen LogP contribution in [0.2, 0.25) is 0 Å². The fourth-order valence-corrected chi connectivity index (χ4v) is 2.56. The zero-order valence-corrected chi connectivity index (χ0v) is 14.2. The van der Waals surface area contributed by atoms with E-state index < -0.39 is 6.09 Å². The number of amides is 1. The van der Waals surface area contributed by atoms with Gasteiger partial charge in [0.2, 0.25) is 0 Å². The van der Waals surface area contributed by atoms with Crippen LogP contribution in [-0.4, -0.2) is 29.6 Å². The van der Waals surface area contributed by atoms with Crippen LogP contribution in [-0.2, 0) is 0 Å². The number of hydrogen-bond acceptors (Lipinski definition) is 4. The summed E-state index contributed by atoms with van der Waals surface area (Å²) in [5.41, 5.74) is 1.85. The minimum Gasteiger partial charge on any atom is -0.410 e. The lowest BCUT2D eigenvalue weighted by Gasteiger charge is -2.13. The molecule has 0 aliphatic rings. The molecule has 0 spiro atoms. The van der Waals surface area contributed by atoms with Crippen LogP contribution < -0.4 is 9.64 Å². The highest BCUT2D eigenvalue weighted by atomic mass is 32.2. The van der Waals surface area contributed by atoms with Crippen LogP contribution in [0.1, 0.15) is 0 Å². The summed E-state index contributed by atoms with van der Waals surface area (Å²) in [6.45, 7) is 0. The van der Waals surface area contributed by atoms with Crippen molar-refractivity contribution in [1.82, 2.24) is 10.2 Å². The van der Waals surface area contributed by atoms with Gasteiger partial charge in [0.05, 0.1) is 5.69 Å². The Morgan fingerprint density at radius 2 is 1.83 bits per heavy atom. The van der Waals surface area contributed by atoms with Crippen molar-refractivity contribution in [3.05, 3.63) is 60.7 Å². The predicted octanol–water partition coefficient (Wildman–Crippen LogP) is 4.43. The van der Waals surface area contributed by atoms with Gasteiger partial charge in [0, 0.05) is 18.0 Å². The number of carbonyl (C=O) groups excluding carboxylic acids is 1. The van der Waals surface area contributed by atoms with Crippen LogP contribution in [0.15, 0.2) is 65.6 Å². The van der Waals surface area contributed by atoms with E-state index in [9.17, 15) is 4.79 Å². The van der Waals surface area contributed by atoms with E-state index in [2.05, 4.69) is 10.2 Å². The maximum absolute atomic E-state index is 12.2. The van der Waals surface area contributed by atoms with Crippen LogP contribution in [0.4, 0.5) is 10.6 Å². The van der Waals surface area contributed by atoms with Crippen molar-refractivity contribution in [1.29, 1.82) is 0 Å². The first-order valence-corrected chi connectivity index (χ1v) is 8.60. The number of hydrogen-bond donors (Lipinski definition) is 1. The van der Waals surface area contributed by atoms with Crippen molar-refractivity contribution in [2.45, 2.75) is 4.90 Å². The van der Waals surface area contributed by atoms with Gasteiger partial charge in [-0.25, -0.2) is 4.79 Å². The van der Waals surface area contributed by atoms with Crippen LogP contribution in [0.3, 0.4) is 0 Å². The summed E-state index contributed by atoms with van der Waals surface area (Å²) in [6, 6.07) is 18.9. The lowest BCUT2D eigenvalue weighted by Crippen LogP contribution is -2.29. The van der Waals surface area contributed by atoms with E-state index >= 15 is 0 Å². The summed E-state index contributed by atoms with van der Waals surface area (Å²) in [5.74, 6) is 0.998. The van der Waals surface area contributed by atoms with Crippen molar-refractivity contribution in [3.63, 3.8) is 0 Å². The number of thioether (sulfide) groups is 1. The maximum Gasteiger partial charge on any atom is 0.420 e. The van der Waals surface area contributed by atoms with Crippen LogP contribution in [0.25, 0.3) is 11.3 Å². The summed E-state index contributed by atoms with van der Waals surface area (Å²) < 4.78 is 5.31. The number of para-hydroxylation sites is 1. The number of nitrogens with zero attached hydrogens (tertiary/aromatic N) is 2. The Kier molecular flexibility index (Phi) is 4.86. The van der Waals surface area contributed by atoms with Gasteiger partial charge in [0.1, 0.15) is 5.75 Å². The zero-order chi connectivity index (χ0) is 16.9. The highest BCUT2D eigenvalue weighted by molar-refractivity contribution is 7.98. The van der Waals surface area contributed by atoms with Gasteiger partial charge in [-0.05, 0) is 36.1 Å². The second-order valence-electron chi connectivity index (χ2n) is 5.11. The number of benzene rings is 2. The van der Waals surface area contributed by atoms with Gasteiger partial charge >= 0.3 is 6.09 Å². The number of H-pyrrole nitrogens is 1. The molecule has 24 heavy (non-hydrogen) atoms. The average Bonchev–Trinajstić information content (AvgIpc) is 3.12. The molecule has 5 nitrogen and oxygen atoms in total. The Balaban J connectivity index is 1.73. The standard InChI is InChI=1S/C18H17N3O2S/c1-21(18(22)23-14-6-4-3-5-7-14)17-12-16(19-20-17)13-8-10-15(24-2)11-9-13/h3-12H,1-2H3,(H,19,20). The van der Waals surface area contributed by atoms with Gasteiger partial charge < -0.3 is 4.74 Å². The molecule has 3 aromatic rings. The molecule has 1 N–H and O–H groups in total. The molecular formula is C18H17N3O2S. The van der Waals surface area contributed by atoms with Gasteiger partial charge in [-0.15, -0.1) is 11.8 Å². The van der Waals surface area contributed by atoms with E-state index in [1.165, 1.54) is 9.80 Å². The van der Waals surface area contributed by atoms with Crippen molar-refractivity contribution in [3.8, 4) is 17.0 Å². The molecule has 0 bridgehead atoms. The number of rotatable bonds is 4. The largest absolute Gasteiger partial charge is 0.420 e. The van der Waals surface area contributed by atoms with Gasteiger partial charge in [0.15, 0.2) is 5.82 Å². The number of ether oxygens (including phenoxy) is 1. The molecule has 3 rings (SSSR count). The normalized spacial score (nSPS) is 10.4. The molecule has 0 unspecified atom stereocenters. The number of nitrogens with one attached hydrogen (secondary N) is 1. The zero-order valence-electron chi connectivity index (χ0n) is 13.4. The van der Waals surface area contributed by atoms with E-state index in [1.807, 2.05) is 54.8 Å². The molecular weight excluding hydrogens is 322 g/mol. The predicted molar refractivity (Wildman–Crippen MR) is 96.7 cm³/mol. The van der Waals surface area contributed by atoms with Crippen molar-refractivity contribution in [2.24, 2.45) is 0 Å². The van der Waals surface area contributed by atoms with Crippen molar-refractivity contribution >= 4 is 23.7 Å². The highest BCUT2D eigenvalue weighted by Crippen LogP contribution is 2.24. The maximum atomic E-state index is 12.2. The Bertz CT molecular complexity index is 816. The SMILES string of the molecule is CSc1ccc(-c2cc(N(C)C(=O)Oc3ccccc3)n[nH]2)cc1. The van der Waals surface area contributed by atoms with Crippen LogP contribution in [0, 0.1) is 0 Å². The summed E-state index contributed by atoms with van der Waals surface area (Å²) in [4.78, 5) is 14.7. The van der Waals surface area contributed by atoms with E-state index in [1.54, 1.807) is 30.9 Å². The number of carbonyl (C=O) groups is 1. The third-order valence-corrected chi connectivity index (χ3v) is 4.27. The molecule has 0 aliphatic heterocycles. The Labute approximate surface area is 144 Å². The third-order valence-electron chi connectivity index (χ3n) is 3.53. The molecule has 0 saturated heterocycles. The quantitative estimate of drug-likeness (QED) is 0.714. The van der Waals surface area contributed by atoms with Crippen molar-refractivity contribution in [2.75, 3.05) is 18.2 Å². The summed E-state index contributed by atoms with van der Waals surface area (Å²) >= 11 is 1.69. The fourth-order valence-electron chi connectivity index (χ4n) is 2.15. The monoisotopic (exact) mass is 339 g/mol. The lowest BCUT2D eigenvalue weighted by atomic mass is 10.1. The molecule has 0 saturated carbocycles. The first kappa shape index (κ1) is 16.1. The summed E-state index contributed by atoms with van der Waals surface area (Å²) in [6.07, 6.45) is 1.55. The highest BCUT2D eigenvalue weighted by Gasteiger charge is 2.16. The Hall–Kier alpha value is -2.73. The topological polar surface area (TPSA) is 58.2 Å². The van der Waals surface area contributed by atoms with Crippen LogP contribution >= 0.6 is 11.8 Å². The van der Waals surface area contributed by atoms with Crippen molar-refractivity contribution < 1.29 is 9.53 Å². The lowest BCUT2D eigenvalue weighted by molar-refractivity contribution is 0.209. The van der Waals surface area contributed by atoms with Crippen LogP contribution in [0.5, 0.6) is 5.75 Å². The molecule has 0 radical (unpaired) electrons. The van der Waals surface area contributed by atoms with Gasteiger partial charge in [-0.2, -0.15) is 5.10 Å². The molecule has 1 heterocycles. The van der Waals surface area contributed by atoms with Gasteiger partial charge in [-0.3, -0.25) is 10.00 Å². The molecule has 0 aliphatic carbocycles. The fraction of sp³-hybridized carbons (Fsp3) is 0.111. The second kappa shape index (κ2) is 7.23. The summed E-state index contributed by atoms with van der Waals surface area (Å²) in [5, 5.41) is 7.15. The smallest absolute Gasteiger partial charge is 0.410 e. The van der Waals surface area contributed by atoms with E-state index in [-0.39, 0.29) is 0 Å². The van der Waals surface area contributed by atoms with E-state index in [0.717, 1.165) is 11.3 Å². The molecule has 1 amide bonds. The molecule has 2 aromatic carbocycles. The molecule has 0 fully saturated rings. The van der Waals surface area contributed by atoms with Gasteiger partial charge in [-0.1, -0.05) is 30.3 Å². The summed E-state index contributed by atoms with van der Waals surface area (Å²) in [7, 11) is 1.63. The Morgan fingerprint density at radius 1 is 1.12 bits per heavy atom. The number of anilines is 1. The average molecular weight is 339 g/mol. The first-order chi connectivity index (χ1) is 11.7.